The molecule has 8 heteroatoms. The summed E-state index contributed by atoms with van der Waals surface area (Å²) in [4.78, 5) is 20.7. The summed E-state index contributed by atoms with van der Waals surface area (Å²) in [6, 6.07) is 10.2. The molecule has 5 rings (SSSR count). The molecule has 2 aliphatic rings. The molecule has 3 aromatic heterocycles. The second-order valence-electron chi connectivity index (χ2n) is 8.56. The van der Waals surface area contributed by atoms with Gasteiger partial charge in [-0.15, -0.1) is 0 Å². The second-order valence-corrected chi connectivity index (χ2v) is 8.56. The summed E-state index contributed by atoms with van der Waals surface area (Å²) in [6.45, 7) is 8.90. The number of hydrogen-bond donors (Lipinski definition) is 0. The second kappa shape index (κ2) is 9.01. The van der Waals surface area contributed by atoms with E-state index in [1.54, 1.807) is 0 Å². The van der Waals surface area contributed by atoms with Crippen LogP contribution in [0.25, 0.3) is 11.4 Å². The van der Waals surface area contributed by atoms with Crippen LogP contribution in [0.4, 0.5) is 11.6 Å². The summed E-state index contributed by atoms with van der Waals surface area (Å²) in [5, 5.41) is 4.18. The van der Waals surface area contributed by atoms with Crippen molar-refractivity contribution < 1.29 is 4.52 Å². The predicted octanol–water partition coefficient (Wildman–Crippen LogP) is 3.09. The maximum absolute atomic E-state index is 5.53. The number of anilines is 2. The minimum absolute atomic E-state index is 0.605. The van der Waals surface area contributed by atoms with Crippen LogP contribution in [-0.4, -0.2) is 64.3 Å². The lowest BCUT2D eigenvalue weighted by molar-refractivity contribution is 0.215. The van der Waals surface area contributed by atoms with Gasteiger partial charge in [0.25, 0.3) is 0 Å². The Hall–Kier alpha value is -3.00. The Kier molecular flexibility index (Phi) is 5.80. The van der Waals surface area contributed by atoms with Crippen molar-refractivity contribution in [3.63, 3.8) is 0 Å². The summed E-state index contributed by atoms with van der Waals surface area (Å²) in [7, 11) is 0. The van der Waals surface area contributed by atoms with Gasteiger partial charge in [0, 0.05) is 57.2 Å². The molecule has 0 bridgehead atoms. The zero-order valence-corrected chi connectivity index (χ0v) is 18.0. The summed E-state index contributed by atoms with van der Waals surface area (Å²) >= 11 is 0. The largest absolute Gasteiger partial charge is 0.356 e. The SMILES string of the molecule is CC1CCCN(c2ccc(-c3noc(CN4CCN(c5ccccn5)CC4)n3)cn2)C1. The molecule has 162 valence electrons. The van der Waals surface area contributed by atoms with Gasteiger partial charge in [0.1, 0.15) is 11.6 Å². The van der Waals surface area contributed by atoms with Crippen molar-refractivity contribution in [3.05, 3.63) is 48.6 Å². The van der Waals surface area contributed by atoms with Gasteiger partial charge in [-0.1, -0.05) is 18.1 Å². The molecule has 0 radical (unpaired) electrons. The van der Waals surface area contributed by atoms with Crippen molar-refractivity contribution >= 4 is 11.6 Å². The molecule has 0 saturated carbocycles. The molecule has 1 atom stereocenters. The molecule has 2 fully saturated rings. The third kappa shape index (κ3) is 4.69. The number of aromatic nitrogens is 4. The molecule has 0 spiro atoms. The van der Waals surface area contributed by atoms with E-state index in [-0.39, 0.29) is 0 Å². The first kappa shape index (κ1) is 19.9. The van der Waals surface area contributed by atoms with Crippen LogP contribution in [0, 0.1) is 5.92 Å². The highest BCUT2D eigenvalue weighted by molar-refractivity contribution is 5.56. The highest BCUT2D eigenvalue weighted by Crippen LogP contribution is 2.23. The molecule has 1 unspecified atom stereocenters. The van der Waals surface area contributed by atoms with Crippen LogP contribution >= 0.6 is 0 Å². The fraction of sp³-hybridized carbons (Fsp3) is 0.478. The third-order valence-corrected chi connectivity index (χ3v) is 6.16. The fourth-order valence-corrected chi connectivity index (χ4v) is 4.41. The highest BCUT2D eigenvalue weighted by atomic mass is 16.5. The fourth-order valence-electron chi connectivity index (χ4n) is 4.41. The monoisotopic (exact) mass is 419 g/mol. The maximum atomic E-state index is 5.53. The topological polar surface area (TPSA) is 74.4 Å². The molecule has 2 aliphatic heterocycles. The Bertz CT molecular complexity index is 967. The average Bonchev–Trinajstić information content (AvgIpc) is 3.29. The van der Waals surface area contributed by atoms with Crippen LogP contribution in [0.5, 0.6) is 0 Å². The van der Waals surface area contributed by atoms with Crippen molar-refractivity contribution in [1.82, 2.24) is 25.0 Å². The van der Waals surface area contributed by atoms with Crippen LogP contribution in [0.1, 0.15) is 25.7 Å². The van der Waals surface area contributed by atoms with Crippen molar-refractivity contribution in [2.75, 3.05) is 49.1 Å². The quantitative estimate of drug-likeness (QED) is 0.625. The molecule has 31 heavy (non-hydrogen) atoms. The third-order valence-electron chi connectivity index (χ3n) is 6.16. The zero-order valence-electron chi connectivity index (χ0n) is 18.0. The average molecular weight is 420 g/mol. The van der Waals surface area contributed by atoms with Gasteiger partial charge >= 0.3 is 0 Å². The first-order chi connectivity index (χ1) is 15.2. The van der Waals surface area contributed by atoms with Crippen molar-refractivity contribution in [3.8, 4) is 11.4 Å². The van der Waals surface area contributed by atoms with E-state index in [4.69, 9.17) is 4.52 Å². The van der Waals surface area contributed by atoms with Crippen molar-refractivity contribution in [2.45, 2.75) is 26.3 Å². The predicted molar refractivity (Wildman–Crippen MR) is 120 cm³/mol. The normalized spacial score (nSPS) is 20.2. The van der Waals surface area contributed by atoms with Gasteiger partial charge in [-0.2, -0.15) is 4.98 Å². The molecule has 0 aromatic carbocycles. The zero-order chi connectivity index (χ0) is 21.0. The van der Waals surface area contributed by atoms with Gasteiger partial charge in [0.15, 0.2) is 0 Å². The van der Waals surface area contributed by atoms with Crippen LogP contribution in [-0.2, 0) is 6.54 Å². The van der Waals surface area contributed by atoms with E-state index in [1.165, 1.54) is 12.8 Å². The van der Waals surface area contributed by atoms with E-state index < -0.39 is 0 Å². The molecule has 8 nitrogen and oxygen atoms in total. The summed E-state index contributed by atoms with van der Waals surface area (Å²) < 4.78 is 5.53. The maximum Gasteiger partial charge on any atom is 0.241 e. The lowest BCUT2D eigenvalue weighted by atomic mass is 10.0. The van der Waals surface area contributed by atoms with Gasteiger partial charge in [-0.3, -0.25) is 4.90 Å². The number of piperidine rings is 1. The molecule has 0 aliphatic carbocycles. The smallest absolute Gasteiger partial charge is 0.241 e. The molecule has 0 N–H and O–H groups in total. The Morgan fingerprint density at radius 3 is 2.58 bits per heavy atom. The first-order valence-electron chi connectivity index (χ1n) is 11.2. The van der Waals surface area contributed by atoms with Crippen molar-refractivity contribution in [1.29, 1.82) is 0 Å². The lowest BCUT2D eigenvalue weighted by Gasteiger charge is -2.34. The van der Waals surface area contributed by atoms with Crippen LogP contribution in [0.3, 0.4) is 0 Å². The Labute approximate surface area is 182 Å². The molecule has 3 aromatic rings. The standard InChI is InChI=1S/C23H29N7O/c1-18-5-4-10-30(16-18)21-8-7-19(15-25-21)23-26-22(31-27-23)17-28-11-13-29(14-12-28)20-6-2-3-9-24-20/h2-3,6-9,15,18H,4-5,10-14,16-17H2,1H3. The summed E-state index contributed by atoms with van der Waals surface area (Å²) in [5.74, 6) is 4.05. The Morgan fingerprint density at radius 1 is 0.968 bits per heavy atom. The van der Waals surface area contributed by atoms with Crippen LogP contribution in [0.15, 0.2) is 47.2 Å². The Morgan fingerprint density at radius 2 is 1.84 bits per heavy atom. The van der Waals surface area contributed by atoms with E-state index in [1.807, 2.05) is 30.6 Å². The summed E-state index contributed by atoms with van der Waals surface area (Å²) in [6.07, 6.45) is 6.23. The van der Waals surface area contributed by atoms with E-state index >= 15 is 0 Å². The number of nitrogens with zero attached hydrogens (tertiary/aromatic N) is 7. The number of rotatable bonds is 5. The van der Waals surface area contributed by atoms with Gasteiger partial charge in [-0.25, -0.2) is 9.97 Å². The highest BCUT2D eigenvalue weighted by Gasteiger charge is 2.21. The van der Waals surface area contributed by atoms with Gasteiger partial charge < -0.3 is 14.3 Å². The van der Waals surface area contributed by atoms with Crippen molar-refractivity contribution in [2.24, 2.45) is 5.92 Å². The lowest BCUT2D eigenvalue weighted by Crippen LogP contribution is -2.46. The first-order valence-corrected chi connectivity index (χ1v) is 11.2. The van der Waals surface area contributed by atoms with E-state index in [2.05, 4.69) is 53.9 Å². The molecular weight excluding hydrogens is 390 g/mol. The number of hydrogen-bond acceptors (Lipinski definition) is 8. The van der Waals surface area contributed by atoms with Gasteiger partial charge in [0.05, 0.1) is 6.54 Å². The van der Waals surface area contributed by atoms with Gasteiger partial charge in [0.2, 0.25) is 11.7 Å². The number of piperazine rings is 1. The van der Waals surface area contributed by atoms with E-state index in [0.29, 0.717) is 18.3 Å². The van der Waals surface area contributed by atoms with E-state index in [0.717, 1.165) is 62.4 Å². The molecule has 5 heterocycles. The molecule has 0 amide bonds. The van der Waals surface area contributed by atoms with E-state index in [9.17, 15) is 0 Å². The molecule has 2 saturated heterocycles. The minimum Gasteiger partial charge on any atom is -0.356 e. The van der Waals surface area contributed by atoms with Gasteiger partial charge in [-0.05, 0) is 43.0 Å². The minimum atomic E-state index is 0.605. The van der Waals surface area contributed by atoms with Crippen LogP contribution < -0.4 is 9.80 Å². The van der Waals surface area contributed by atoms with Crippen LogP contribution in [0.2, 0.25) is 0 Å². The summed E-state index contributed by atoms with van der Waals surface area (Å²) in [5.41, 5.74) is 0.892. The Balaban J connectivity index is 1.17. The number of pyridine rings is 2. The molecular formula is C23H29N7O.